The lowest BCUT2D eigenvalue weighted by Gasteiger charge is -2.38. The number of fused-ring (bicyclic) bond motifs is 1. The van der Waals surface area contributed by atoms with Crippen LogP contribution >= 0.6 is 0 Å². The zero-order chi connectivity index (χ0) is 29.5. The summed E-state index contributed by atoms with van der Waals surface area (Å²) in [7, 11) is 3.23. The molecule has 11 nitrogen and oxygen atoms in total. The molecule has 4 amide bonds. The number of urea groups is 1. The molecule has 3 aromatic rings. The Bertz CT molecular complexity index is 1370. The van der Waals surface area contributed by atoms with E-state index in [-0.39, 0.29) is 48.2 Å². The lowest BCUT2D eigenvalue weighted by Crippen LogP contribution is -2.50. The maximum absolute atomic E-state index is 13.7. The van der Waals surface area contributed by atoms with Gasteiger partial charge in [-0.2, -0.15) is 0 Å². The number of rotatable bonds is 8. The number of amides is 4. The number of likely N-dealkylation sites (N-methyl/N-ethyl adjacent to an activating group) is 1. The van der Waals surface area contributed by atoms with E-state index in [0.717, 1.165) is 0 Å². The molecule has 0 fully saturated rings. The monoisotopic (exact) mass is 561 g/mol. The number of ether oxygens (including phenoxy) is 2. The van der Waals surface area contributed by atoms with E-state index < -0.39 is 12.1 Å². The van der Waals surface area contributed by atoms with Crippen LogP contribution in [0.2, 0.25) is 0 Å². The minimum atomic E-state index is -0.555. The van der Waals surface area contributed by atoms with E-state index in [1.165, 1.54) is 17.3 Å². The first kappa shape index (κ1) is 29.3. The quantitative estimate of drug-likeness (QED) is 0.382. The molecule has 0 bridgehead atoms. The molecule has 0 radical (unpaired) electrons. The summed E-state index contributed by atoms with van der Waals surface area (Å²) >= 11 is 0. The van der Waals surface area contributed by atoms with Crippen molar-refractivity contribution in [1.29, 1.82) is 0 Å². The van der Waals surface area contributed by atoms with Crippen LogP contribution in [0.5, 0.6) is 11.5 Å². The number of nitrogens with zero attached hydrogens (tertiary/aromatic N) is 3. The van der Waals surface area contributed by atoms with E-state index in [1.54, 1.807) is 80.6 Å². The summed E-state index contributed by atoms with van der Waals surface area (Å²) in [5, 5.41) is 15.6. The zero-order valence-electron chi connectivity index (χ0n) is 23.5. The minimum absolute atomic E-state index is 0.185. The van der Waals surface area contributed by atoms with Crippen molar-refractivity contribution in [2.24, 2.45) is 5.92 Å². The van der Waals surface area contributed by atoms with Gasteiger partial charge in [0, 0.05) is 43.2 Å². The Morgan fingerprint density at radius 1 is 1.15 bits per heavy atom. The molecule has 2 aromatic carbocycles. The van der Waals surface area contributed by atoms with Gasteiger partial charge in [-0.25, -0.2) is 4.79 Å². The number of methoxy groups -OCH3 is 1. The Balaban J connectivity index is 1.62. The number of pyridine rings is 1. The van der Waals surface area contributed by atoms with Crippen LogP contribution in [0.25, 0.3) is 0 Å². The number of aliphatic hydroxyl groups excluding tert-OH is 1. The second kappa shape index (κ2) is 13.1. The Kier molecular flexibility index (Phi) is 9.41. The molecule has 1 aromatic heterocycles. The van der Waals surface area contributed by atoms with Gasteiger partial charge in [0.25, 0.3) is 11.8 Å². The average molecular weight is 562 g/mol. The highest BCUT2D eigenvalue weighted by molar-refractivity contribution is 6.07. The number of carbonyl (C=O) groups excluding carboxylic acids is 3. The van der Waals surface area contributed by atoms with E-state index in [4.69, 9.17) is 9.47 Å². The Morgan fingerprint density at radius 3 is 2.51 bits per heavy atom. The molecule has 0 saturated carbocycles. The van der Waals surface area contributed by atoms with Crippen molar-refractivity contribution in [3.8, 4) is 11.5 Å². The van der Waals surface area contributed by atoms with Gasteiger partial charge in [-0.05, 0) is 55.5 Å². The molecule has 4 rings (SSSR count). The molecule has 0 spiro atoms. The molecule has 3 N–H and O–H groups in total. The maximum atomic E-state index is 13.7. The maximum Gasteiger partial charge on any atom is 0.321 e. The predicted octanol–water partition coefficient (Wildman–Crippen LogP) is 3.73. The van der Waals surface area contributed by atoms with Gasteiger partial charge in [-0.1, -0.05) is 13.0 Å². The number of para-hydroxylation sites is 1. The van der Waals surface area contributed by atoms with Crippen molar-refractivity contribution in [3.63, 3.8) is 0 Å². The second-order valence-corrected chi connectivity index (χ2v) is 10.0. The molecule has 0 aliphatic carbocycles. The van der Waals surface area contributed by atoms with Crippen LogP contribution in [-0.2, 0) is 0 Å². The van der Waals surface area contributed by atoms with E-state index in [9.17, 15) is 19.5 Å². The van der Waals surface area contributed by atoms with Gasteiger partial charge >= 0.3 is 6.03 Å². The summed E-state index contributed by atoms with van der Waals surface area (Å²) < 4.78 is 11.6. The smallest absolute Gasteiger partial charge is 0.321 e. The third-order valence-electron chi connectivity index (χ3n) is 7.02. The number of hydrogen-bond acceptors (Lipinski definition) is 7. The standard InChI is InChI=1S/C30H35N5O6/c1-19-16-35(20(2)18-36)29(38)24-6-5-7-25(33-28(37)21-12-14-31-15-13-21)27(24)41-26(19)17-34(3)30(39)32-22-8-10-23(40-4)11-9-22/h5-15,19-20,26,36H,16-18H2,1-4H3,(H,32,39)(H,33,37)/t19-,20-,26+/m1/s1. The van der Waals surface area contributed by atoms with E-state index in [2.05, 4.69) is 15.6 Å². The van der Waals surface area contributed by atoms with Crippen molar-refractivity contribution in [2.75, 3.05) is 44.5 Å². The summed E-state index contributed by atoms with van der Waals surface area (Å²) in [5.41, 5.74) is 1.57. The number of anilines is 2. The number of aromatic nitrogens is 1. The Labute approximate surface area is 239 Å². The van der Waals surface area contributed by atoms with Crippen molar-refractivity contribution >= 4 is 29.2 Å². The highest BCUT2D eigenvalue weighted by Gasteiger charge is 2.35. The fourth-order valence-electron chi connectivity index (χ4n) is 4.50. The summed E-state index contributed by atoms with van der Waals surface area (Å²) in [6.07, 6.45) is 2.48. The summed E-state index contributed by atoms with van der Waals surface area (Å²) in [5.74, 6) is -0.0656. The van der Waals surface area contributed by atoms with Gasteiger partial charge in [0.1, 0.15) is 11.9 Å². The van der Waals surface area contributed by atoms with E-state index >= 15 is 0 Å². The highest BCUT2D eigenvalue weighted by atomic mass is 16.5. The molecule has 1 aliphatic rings. The first-order valence-corrected chi connectivity index (χ1v) is 13.3. The number of carbonyl (C=O) groups is 3. The molecule has 0 saturated heterocycles. The molecule has 41 heavy (non-hydrogen) atoms. The Morgan fingerprint density at radius 2 is 1.85 bits per heavy atom. The van der Waals surface area contributed by atoms with Gasteiger partial charge in [-0.3, -0.25) is 14.6 Å². The van der Waals surface area contributed by atoms with Gasteiger partial charge < -0.3 is 35.0 Å². The lowest BCUT2D eigenvalue weighted by molar-refractivity contribution is 0.0372. The van der Waals surface area contributed by atoms with Crippen molar-refractivity contribution in [2.45, 2.75) is 26.0 Å². The molecule has 2 heterocycles. The van der Waals surface area contributed by atoms with Gasteiger partial charge in [0.15, 0.2) is 5.75 Å². The minimum Gasteiger partial charge on any atom is -0.497 e. The number of benzene rings is 2. The summed E-state index contributed by atoms with van der Waals surface area (Å²) in [4.78, 5) is 46.8. The van der Waals surface area contributed by atoms with Gasteiger partial charge in [0.2, 0.25) is 0 Å². The van der Waals surface area contributed by atoms with Crippen LogP contribution in [0.3, 0.4) is 0 Å². The average Bonchev–Trinajstić information content (AvgIpc) is 2.99. The molecule has 1 aliphatic heterocycles. The summed E-state index contributed by atoms with van der Waals surface area (Å²) in [6.45, 7) is 3.96. The molecule has 216 valence electrons. The fraction of sp³-hybridized carbons (Fsp3) is 0.333. The van der Waals surface area contributed by atoms with E-state index in [1.807, 2.05) is 6.92 Å². The molecular weight excluding hydrogens is 526 g/mol. The molecule has 3 atom stereocenters. The first-order chi connectivity index (χ1) is 19.7. The van der Waals surface area contributed by atoms with Crippen LogP contribution in [-0.4, -0.2) is 83.7 Å². The van der Waals surface area contributed by atoms with Crippen molar-refractivity contribution in [3.05, 3.63) is 78.1 Å². The van der Waals surface area contributed by atoms with Crippen LogP contribution in [0, 0.1) is 5.92 Å². The van der Waals surface area contributed by atoms with E-state index in [0.29, 0.717) is 29.2 Å². The topological polar surface area (TPSA) is 133 Å². The number of hydrogen-bond donors (Lipinski definition) is 3. The van der Waals surface area contributed by atoms with Crippen LogP contribution in [0.1, 0.15) is 34.6 Å². The van der Waals surface area contributed by atoms with Crippen LogP contribution < -0.4 is 20.1 Å². The SMILES string of the molecule is COc1ccc(NC(=O)N(C)C[C@@H]2Oc3c(NC(=O)c4ccncc4)cccc3C(=O)N([C@H](C)CO)C[C@H]2C)cc1. The van der Waals surface area contributed by atoms with Gasteiger partial charge in [-0.15, -0.1) is 0 Å². The normalized spacial score (nSPS) is 17.3. The molecular formula is C30H35N5O6. The predicted molar refractivity (Wildman–Crippen MR) is 154 cm³/mol. The van der Waals surface area contributed by atoms with Crippen LogP contribution in [0.4, 0.5) is 16.2 Å². The molecule has 0 unspecified atom stereocenters. The van der Waals surface area contributed by atoms with Gasteiger partial charge in [0.05, 0.1) is 37.6 Å². The molecule has 11 heteroatoms. The lowest BCUT2D eigenvalue weighted by atomic mass is 9.99. The van der Waals surface area contributed by atoms with Crippen LogP contribution in [0.15, 0.2) is 67.0 Å². The third kappa shape index (κ3) is 6.93. The summed E-state index contributed by atoms with van der Waals surface area (Å²) in [6, 6.07) is 14.3. The Hall–Kier alpha value is -4.64. The largest absolute Gasteiger partial charge is 0.497 e. The zero-order valence-corrected chi connectivity index (χ0v) is 23.5. The van der Waals surface area contributed by atoms with Crippen molar-refractivity contribution < 1.29 is 29.0 Å². The highest BCUT2D eigenvalue weighted by Crippen LogP contribution is 2.35. The number of aliphatic hydroxyl groups is 1. The fourth-order valence-corrected chi connectivity index (χ4v) is 4.50. The third-order valence-corrected chi connectivity index (χ3v) is 7.02. The first-order valence-electron chi connectivity index (χ1n) is 13.3. The van der Waals surface area contributed by atoms with Crippen molar-refractivity contribution in [1.82, 2.24) is 14.8 Å². The number of nitrogens with one attached hydrogen (secondary N) is 2. The second-order valence-electron chi connectivity index (χ2n) is 10.0.